The molecule has 0 fully saturated rings. The quantitative estimate of drug-likeness (QED) is 0.879. The molecule has 18 heavy (non-hydrogen) atoms. The standard InChI is InChI=1S/C13H16N2O3/c1-9(14)10-3-4-12(13(7-10)16-2)17-8-11-5-6-15-18-11/h3-7,9H,8,14H2,1-2H3/t9-/m1/s1. The third-order valence-electron chi connectivity index (χ3n) is 2.57. The fraction of sp³-hybridized carbons (Fsp3) is 0.308. The molecule has 0 aliphatic rings. The summed E-state index contributed by atoms with van der Waals surface area (Å²) in [5, 5.41) is 3.61. The Hall–Kier alpha value is -2.01. The molecule has 2 rings (SSSR count). The van der Waals surface area contributed by atoms with Crippen molar-refractivity contribution in [2.75, 3.05) is 7.11 Å². The number of methoxy groups -OCH3 is 1. The van der Waals surface area contributed by atoms with Gasteiger partial charge in [0.1, 0.15) is 6.61 Å². The highest BCUT2D eigenvalue weighted by atomic mass is 16.5. The van der Waals surface area contributed by atoms with Gasteiger partial charge in [-0.3, -0.25) is 0 Å². The lowest BCUT2D eigenvalue weighted by Crippen LogP contribution is -2.05. The van der Waals surface area contributed by atoms with Crippen molar-refractivity contribution in [2.45, 2.75) is 19.6 Å². The molecule has 0 bridgehead atoms. The first kappa shape index (κ1) is 12.4. The Kier molecular flexibility index (Phi) is 3.84. The van der Waals surface area contributed by atoms with Crippen molar-refractivity contribution in [2.24, 2.45) is 5.73 Å². The molecule has 0 saturated heterocycles. The molecule has 2 N–H and O–H groups in total. The zero-order valence-corrected chi connectivity index (χ0v) is 10.4. The highest BCUT2D eigenvalue weighted by molar-refractivity contribution is 5.43. The third-order valence-corrected chi connectivity index (χ3v) is 2.57. The third kappa shape index (κ3) is 2.81. The topological polar surface area (TPSA) is 70.5 Å². The van der Waals surface area contributed by atoms with Crippen LogP contribution in [0.4, 0.5) is 0 Å². The number of ether oxygens (including phenoxy) is 2. The van der Waals surface area contributed by atoms with E-state index in [0.717, 1.165) is 5.56 Å². The number of aromatic nitrogens is 1. The molecule has 0 spiro atoms. The highest BCUT2D eigenvalue weighted by Crippen LogP contribution is 2.30. The van der Waals surface area contributed by atoms with Gasteiger partial charge in [0.25, 0.3) is 0 Å². The lowest BCUT2D eigenvalue weighted by molar-refractivity contribution is 0.239. The van der Waals surface area contributed by atoms with Crippen molar-refractivity contribution >= 4 is 0 Å². The molecule has 0 aliphatic heterocycles. The summed E-state index contributed by atoms with van der Waals surface area (Å²) in [7, 11) is 1.60. The van der Waals surface area contributed by atoms with Crippen LogP contribution in [0.15, 0.2) is 35.0 Å². The van der Waals surface area contributed by atoms with Gasteiger partial charge < -0.3 is 19.7 Å². The normalized spacial score (nSPS) is 12.2. The van der Waals surface area contributed by atoms with Gasteiger partial charge in [0.15, 0.2) is 17.3 Å². The van der Waals surface area contributed by atoms with Crippen molar-refractivity contribution in [3.05, 3.63) is 41.8 Å². The van der Waals surface area contributed by atoms with Crippen LogP contribution in [0.2, 0.25) is 0 Å². The predicted molar refractivity (Wildman–Crippen MR) is 66.4 cm³/mol. The van der Waals surface area contributed by atoms with Crippen LogP contribution in [0.1, 0.15) is 24.3 Å². The number of hydrogen-bond donors (Lipinski definition) is 1. The first-order valence-corrected chi connectivity index (χ1v) is 5.66. The Bertz CT molecular complexity index is 495. The zero-order valence-electron chi connectivity index (χ0n) is 10.4. The molecule has 5 nitrogen and oxygen atoms in total. The van der Waals surface area contributed by atoms with Crippen LogP contribution in [0.5, 0.6) is 11.5 Å². The Balaban J connectivity index is 2.12. The largest absolute Gasteiger partial charge is 0.493 e. The van der Waals surface area contributed by atoms with Crippen LogP contribution in [-0.4, -0.2) is 12.3 Å². The van der Waals surface area contributed by atoms with Gasteiger partial charge in [0, 0.05) is 12.1 Å². The molecule has 96 valence electrons. The van der Waals surface area contributed by atoms with Crippen LogP contribution >= 0.6 is 0 Å². The van der Waals surface area contributed by atoms with Crippen LogP contribution in [0.25, 0.3) is 0 Å². The van der Waals surface area contributed by atoms with Gasteiger partial charge in [-0.2, -0.15) is 0 Å². The van der Waals surface area contributed by atoms with Gasteiger partial charge in [0.2, 0.25) is 0 Å². The van der Waals surface area contributed by atoms with E-state index in [1.165, 1.54) is 0 Å². The number of nitrogens with two attached hydrogens (primary N) is 1. The summed E-state index contributed by atoms with van der Waals surface area (Å²) < 4.78 is 15.8. The fourth-order valence-electron chi connectivity index (χ4n) is 1.55. The van der Waals surface area contributed by atoms with Crippen LogP contribution < -0.4 is 15.2 Å². The van der Waals surface area contributed by atoms with E-state index in [4.69, 9.17) is 19.7 Å². The van der Waals surface area contributed by atoms with Crippen LogP contribution in [-0.2, 0) is 6.61 Å². The molecular weight excluding hydrogens is 232 g/mol. The summed E-state index contributed by atoms with van der Waals surface area (Å²) in [6.45, 7) is 2.23. The van der Waals surface area contributed by atoms with E-state index in [2.05, 4.69) is 5.16 Å². The van der Waals surface area contributed by atoms with Crippen LogP contribution in [0, 0.1) is 0 Å². The first-order valence-electron chi connectivity index (χ1n) is 5.66. The Morgan fingerprint density at radius 3 is 2.78 bits per heavy atom. The molecule has 1 aromatic heterocycles. The second kappa shape index (κ2) is 5.55. The molecule has 2 aromatic rings. The summed E-state index contributed by atoms with van der Waals surface area (Å²) in [6, 6.07) is 7.35. The van der Waals surface area contributed by atoms with Crippen molar-refractivity contribution in [3.8, 4) is 11.5 Å². The lowest BCUT2D eigenvalue weighted by Gasteiger charge is -2.12. The Morgan fingerprint density at radius 1 is 1.33 bits per heavy atom. The van der Waals surface area contributed by atoms with Crippen LogP contribution in [0.3, 0.4) is 0 Å². The number of hydrogen-bond acceptors (Lipinski definition) is 5. The summed E-state index contributed by atoms with van der Waals surface area (Å²) in [5.74, 6) is 1.97. The maximum atomic E-state index is 5.82. The molecule has 0 unspecified atom stereocenters. The van der Waals surface area contributed by atoms with E-state index >= 15 is 0 Å². The number of benzene rings is 1. The summed E-state index contributed by atoms with van der Waals surface area (Å²) in [6.07, 6.45) is 1.58. The zero-order chi connectivity index (χ0) is 13.0. The minimum Gasteiger partial charge on any atom is -0.493 e. The average Bonchev–Trinajstić information content (AvgIpc) is 2.89. The van der Waals surface area contributed by atoms with E-state index in [1.54, 1.807) is 19.4 Å². The fourth-order valence-corrected chi connectivity index (χ4v) is 1.55. The monoisotopic (exact) mass is 248 g/mol. The Labute approximate surface area is 105 Å². The lowest BCUT2D eigenvalue weighted by atomic mass is 10.1. The molecule has 0 saturated carbocycles. The summed E-state index contributed by atoms with van der Waals surface area (Å²) in [4.78, 5) is 0. The van der Waals surface area contributed by atoms with Gasteiger partial charge in [0.05, 0.1) is 13.3 Å². The molecule has 5 heteroatoms. The molecule has 1 atom stereocenters. The first-order chi connectivity index (χ1) is 8.70. The van der Waals surface area contributed by atoms with E-state index in [9.17, 15) is 0 Å². The average molecular weight is 248 g/mol. The van der Waals surface area contributed by atoms with Gasteiger partial charge in [-0.25, -0.2) is 0 Å². The molecule has 1 heterocycles. The molecule has 0 radical (unpaired) electrons. The van der Waals surface area contributed by atoms with Crippen molar-refractivity contribution in [1.82, 2.24) is 5.16 Å². The molecule has 0 aliphatic carbocycles. The van der Waals surface area contributed by atoms with Crippen molar-refractivity contribution < 1.29 is 14.0 Å². The van der Waals surface area contributed by atoms with Gasteiger partial charge in [-0.05, 0) is 24.6 Å². The SMILES string of the molecule is COc1cc([C@@H](C)N)ccc1OCc1ccno1. The molecular formula is C13H16N2O3. The maximum absolute atomic E-state index is 5.82. The smallest absolute Gasteiger partial charge is 0.174 e. The second-order valence-corrected chi connectivity index (χ2v) is 3.97. The van der Waals surface area contributed by atoms with Gasteiger partial charge >= 0.3 is 0 Å². The minimum absolute atomic E-state index is 0.0396. The molecule has 0 amide bonds. The Morgan fingerprint density at radius 2 is 2.17 bits per heavy atom. The van der Waals surface area contributed by atoms with E-state index in [0.29, 0.717) is 23.9 Å². The maximum Gasteiger partial charge on any atom is 0.174 e. The van der Waals surface area contributed by atoms with Crippen molar-refractivity contribution in [1.29, 1.82) is 0 Å². The van der Waals surface area contributed by atoms with E-state index in [1.807, 2.05) is 25.1 Å². The predicted octanol–water partition coefficient (Wildman–Crippen LogP) is 2.28. The molecule has 1 aromatic carbocycles. The van der Waals surface area contributed by atoms with E-state index < -0.39 is 0 Å². The highest BCUT2D eigenvalue weighted by Gasteiger charge is 2.09. The summed E-state index contributed by atoms with van der Waals surface area (Å²) >= 11 is 0. The summed E-state index contributed by atoms with van der Waals surface area (Å²) in [5.41, 5.74) is 6.82. The van der Waals surface area contributed by atoms with Gasteiger partial charge in [-0.15, -0.1) is 0 Å². The van der Waals surface area contributed by atoms with Crippen molar-refractivity contribution in [3.63, 3.8) is 0 Å². The van der Waals surface area contributed by atoms with Gasteiger partial charge in [-0.1, -0.05) is 11.2 Å². The second-order valence-electron chi connectivity index (χ2n) is 3.97. The number of nitrogens with zero attached hydrogens (tertiary/aromatic N) is 1. The van der Waals surface area contributed by atoms with E-state index in [-0.39, 0.29) is 6.04 Å². The minimum atomic E-state index is -0.0396. The number of rotatable bonds is 5.